The Morgan fingerprint density at radius 2 is 1.59 bits per heavy atom. The predicted octanol–water partition coefficient (Wildman–Crippen LogP) is 2.38. The number of nitrogens with zero attached hydrogens (tertiary/aromatic N) is 2. The molecule has 0 saturated heterocycles. The molecule has 3 N–H and O–H groups in total. The standard InChI is InChI=1S/C13H11N3O/c1-7-4-11-13(6-9(7)14)16-12-5-8(17)2-3-10(12)15-11/h2-6,17H,14H2,1H3. The van der Waals surface area contributed by atoms with Gasteiger partial charge in [0.2, 0.25) is 0 Å². The van der Waals surface area contributed by atoms with Crippen LogP contribution in [0.3, 0.4) is 0 Å². The van der Waals surface area contributed by atoms with Gasteiger partial charge in [-0.15, -0.1) is 0 Å². The quantitative estimate of drug-likeness (QED) is 0.455. The van der Waals surface area contributed by atoms with Crippen molar-refractivity contribution in [3.8, 4) is 5.75 Å². The number of anilines is 1. The van der Waals surface area contributed by atoms with E-state index in [4.69, 9.17) is 5.73 Å². The number of fused-ring (bicyclic) bond motifs is 2. The normalized spacial score (nSPS) is 11.1. The van der Waals surface area contributed by atoms with Crippen LogP contribution in [0.15, 0.2) is 30.3 Å². The molecule has 0 spiro atoms. The highest BCUT2D eigenvalue weighted by atomic mass is 16.3. The molecule has 3 rings (SSSR count). The van der Waals surface area contributed by atoms with E-state index in [1.165, 1.54) is 0 Å². The highest BCUT2D eigenvalue weighted by molar-refractivity contribution is 5.89. The third kappa shape index (κ3) is 1.54. The second-order valence-electron chi connectivity index (χ2n) is 4.09. The van der Waals surface area contributed by atoms with E-state index in [0.717, 1.165) is 22.1 Å². The highest BCUT2D eigenvalue weighted by Gasteiger charge is 2.04. The molecule has 17 heavy (non-hydrogen) atoms. The lowest BCUT2D eigenvalue weighted by molar-refractivity contribution is 0.476. The Balaban J connectivity index is 2.43. The summed E-state index contributed by atoms with van der Waals surface area (Å²) in [6.45, 7) is 1.94. The minimum Gasteiger partial charge on any atom is -0.508 e. The number of phenolic OH excluding ortho intramolecular Hbond substituents is 1. The van der Waals surface area contributed by atoms with E-state index >= 15 is 0 Å². The van der Waals surface area contributed by atoms with Gasteiger partial charge in [-0.3, -0.25) is 0 Å². The third-order valence-electron chi connectivity index (χ3n) is 2.80. The van der Waals surface area contributed by atoms with Crippen molar-refractivity contribution in [2.24, 2.45) is 0 Å². The van der Waals surface area contributed by atoms with E-state index in [0.29, 0.717) is 11.2 Å². The molecule has 0 aliphatic carbocycles. The van der Waals surface area contributed by atoms with Crippen LogP contribution in [0.25, 0.3) is 22.1 Å². The molecule has 0 aliphatic heterocycles. The van der Waals surface area contributed by atoms with Gasteiger partial charge in [-0.1, -0.05) is 0 Å². The molecule has 0 amide bonds. The molecule has 0 radical (unpaired) electrons. The zero-order valence-electron chi connectivity index (χ0n) is 9.31. The fourth-order valence-corrected chi connectivity index (χ4v) is 1.83. The van der Waals surface area contributed by atoms with Crippen LogP contribution in [0.5, 0.6) is 5.75 Å². The van der Waals surface area contributed by atoms with E-state index in [1.807, 2.05) is 13.0 Å². The number of nitrogen functional groups attached to an aromatic ring is 1. The maximum absolute atomic E-state index is 9.41. The lowest BCUT2D eigenvalue weighted by atomic mass is 10.1. The molecule has 0 unspecified atom stereocenters. The lowest BCUT2D eigenvalue weighted by Gasteiger charge is -2.04. The molecule has 4 heteroatoms. The van der Waals surface area contributed by atoms with Crippen LogP contribution >= 0.6 is 0 Å². The average Bonchev–Trinajstić information content (AvgIpc) is 2.28. The second kappa shape index (κ2) is 3.31. The number of hydrogen-bond acceptors (Lipinski definition) is 4. The summed E-state index contributed by atoms with van der Waals surface area (Å²) in [5.74, 6) is 0.186. The molecular weight excluding hydrogens is 214 g/mol. The fourth-order valence-electron chi connectivity index (χ4n) is 1.83. The van der Waals surface area contributed by atoms with Gasteiger partial charge < -0.3 is 10.8 Å². The molecule has 1 heterocycles. The number of phenols is 1. The molecule has 2 aromatic carbocycles. The second-order valence-corrected chi connectivity index (χ2v) is 4.09. The first-order valence-corrected chi connectivity index (χ1v) is 5.30. The Morgan fingerprint density at radius 1 is 0.941 bits per heavy atom. The zero-order chi connectivity index (χ0) is 12.0. The molecule has 0 aliphatic rings. The third-order valence-corrected chi connectivity index (χ3v) is 2.80. The van der Waals surface area contributed by atoms with Gasteiger partial charge in [0.05, 0.1) is 22.1 Å². The Hall–Kier alpha value is -2.36. The van der Waals surface area contributed by atoms with Crippen LogP contribution in [0.1, 0.15) is 5.56 Å². The first kappa shape index (κ1) is 9.84. The summed E-state index contributed by atoms with van der Waals surface area (Å²) in [7, 11) is 0. The first-order chi connectivity index (χ1) is 8.13. The average molecular weight is 225 g/mol. The highest BCUT2D eigenvalue weighted by Crippen LogP contribution is 2.23. The number of hydrogen-bond donors (Lipinski definition) is 2. The molecule has 84 valence electrons. The topological polar surface area (TPSA) is 72.0 Å². The summed E-state index contributed by atoms with van der Waals surface area (Å²) in [6, 6.07) is 8.68. The van der Waals surface area contributed by atoms with Crippen LogP contribution in [-0.2, 0) is 0 Å². The Morgan fingerprint density at radius 3 is 2.41 bits per heavy atom. The smallest absolute Gasteiger partial charge is 0.117 e. The number of aryl methyl sites for hydroxylation is 1. The molecule has 0 bridgehead atoms. The van der Waals surface area contributed by atoms with E-state index in [-0.39, 0.29) is 5.75 Å². The Kier molecular flexibility index (Phi) is 1.92. The number of benzene rings is 2. The van der Waals surface area contributed by atoms with Crippen molar-refractivity contribution in [3.63, 3.8) is 0 Å². The van der Waals surface area contributed by atoms with Gasteiger partial charge in [-0.05, 0) is 36.8 Å². The number of nitrogens with two attached hydrogens (primary N) is 1. The zero-order valence-corrected chi connectivity index (χ0v) is 9.31. The van der Waals surface area contributed by atoms with Crippen molar-refractivity contribution in [2.45, 2.75) is 6.92 Å². The van der Waals surface area contributed by atoms with E-state index in [2.05, 4.69) is 9.97 Å². The van der Waals surface area contributed by atoms with Crippen molar-refractivity contribution < 1.29 is 5.11 Å². The van der Waals surface area contributed by atoms with Gasteiger partial charge in [0.25, 0.3) is 0 Å². The summed E-state index contributed by atoms with van der Waals surface area (Å²) in [5, 5.41) is 9.41. The molecule has 3 aromatic rings. The van der Waals surface area contributed by atoms with Crippen molar-refractivity contribution in [2.75, 3.05) is 5.73 Å². The van der Waals surface area contributed by atoms with Crippen LogP contribution in [-0.4, -0.2) is 15.1 Å². The SMILES string of the molecule is Cc1cc2nc3ccc(O)cc3nc2cc1N. The maximum atomic E-state index is 9.41. The Labute approximate surface area is 97.7 Å². The van der Waals surface area contributed by atoms with Gasteiger partial charge in [-0.25, -0.2) is 9.97 Å². The van der Waals surface area contributed by atoms with Crippen LogP contribution in [0.2, 0.25) is 0 Å². The number of aromatic nitrogens is 2. The van der Waals surface area contributed by atoms with Gasteiger partial charge >= 0.3 is 0 Å². The lowest BCUT2D eigenvalue weighted by Crippen LogP contribution is -1.93. The van der Waals surface area contributed by atoms with Crippen molar-refractivity contribution in [1.82, 2.24) is 9.97 Å². The first-order valence-electron chi connectivity index (χ1n) is 5.30. The van der Waals surface area contributed by atoms with Gasteiger partial charge in [-0.2, -0.15) is 0 Å². The minimum absolute atomic E-state index is 0.186. The summed E-state index contributed by atoms with van der Waals surface area (Å²) < 4.78 is 0. The predicted molar refractivity (Wildman–Crippen MR) is 67.9 cm³/mol. The largest absolute Gasteiger partial charge is 0.508 e. The van der Waals surface area contributed by atoms with Crippen molar-refractivity contribution in [1.29, 1.82) is 0 Å². The molecule has 0 fully saturated rings. The van der Waals surface area contributed by atoms with E-state index in [9.17, 15) is 5.11 Å². The minimum atomic E-state index is 0.186. The summed E-state index contributed by atoms with van der Waals surface area (Å²) in [5.41, 5.74) is 10.5. The molecular formula is C13H11N3O. The number of rotatable bonds is 0. The summed E-state index contributed by atoms with van der Waals surface area (Å²) in [4.78, 5) is 8.93. The maximum Gasteiger partial charge on any atom is 0.117 e. The van der Waals surface area contributed by atoms with Crippen molar-refractivity contribution in [3.05, 3.63) is 35.9 Å². The van der Waals surface area contributed by atoms with E-state index in [1.54, 1.807) is 24.3 Å². The molecule has 0 saturated carbocycles. The monoisotopic (exact) mass is 225 g/mol. The van der Waals surface area contributed by atoms with Gasteiger partial charge in [0.15, 0.2) is 0 Å². The van der Waals surface area contributed by atoms with Gasteiger partial charge in [0.1, 0.15) is 5.75 Å². The Bertz CT molecular complexity index is 737. The number of aromatic hydroxyl groups is 1. The van der Waals surface area contributed by atoms with E-state index < -0.39 is 0 Å². The van der Waals surface area contributed by atoms with Crippen molar-refractivity contribution >= 4 is 27.8 Å². The summed E-state index contributed by atoms with van der Waals surface area (Å²) in [6.07, 6.45) is 0. The van der Waals surface area contributed by atoms with Crippen LogP contribution in [0.4, 0.5) is 5.69 Å². The molecule has 0 atom stereocenters. The molecule has 4 nitrogen and oxygen atoms in total. The van der Waals surface area contributed by atoms with Crippen LogP contribution in [0, 0.1) is 6.92 Å². The fraction of sp³-hybridized carbons (Fsp3) is 0.0769. The molecule has 1 aromatic heterocycles. The van der Waals surface area contributed by atoms with Crippen LogP contribution < -0.4 is 5.73 Å². The summed E-state index contributed by atoms with van der Waals surface area (Å²) >= 11 is 0. The van der Waals surface area contributed by atoms with Gasteiger partial charge in [0, 0.05) is 11.8 Å².